The number of nitrogens with one attached hydrogen (secondary N) is 2. The normalized spacial score (nSPS) is 10.2. The zero-order valence-corrected chi connectivity index (χ0v) is 8.99. The summed E-state index contributed by atoms with van der Waals surface area (Å²) in [6, 6.07) is 5.34. The predicted molar refractivity (Wildman–Crippen MR) is 60.9 cm³/mol. The molecule has 0 aliphatic carbocycles. The summed E-state index contributed by atoms with van der Waals surface area (Å²) in [5.74, 6) is -0.594. The van der Waals surface area contributed by atoms with Gasteiger partial charge in [0.1, 0.15) is 5.82 Å². The minimum absolute atomic E-state index is 0.0982. The molecule has 0 bridgehead atoms. The van der Waals surface area contributed by atoms with Crippen molar-refractivity contribution in [2.75, 3.05) is 5.32 Å². The van der Waals surface area contributed by atoms with Gasteiger partial charge in [-0.25, -0.2) is 4.39 Å². The molecule has 0 radical (unpaired) electrons. The Morgan fingerprint density at radius 1 is 1.41 bits per heavy atom. The van der Waals surface area contributed by atoms with Crippen molar-refractivity contribution in [2.45, 2.75) is 6.92 Å². The zero-order chi connectivity index (χ0) is 12.4. The van der Waals surface area contributed by atoms with Crippen molar-refractivity contribution in [3.63, 3.8) is 0 Å². The molecular formula is C11H10FN3O2. The lowest BCUT2D eigenvalue weighted by atomic mass is 10.2. The Hall–Kier alpha value is -2.37. The van der Waals surface area contributed by atoms with Gasteiger partial charge in [0.25, 0.3) is 5.56 Å². The molecule has 88 valence electrons. The summed E-state index contributed by atoms with van der Waals surface area (Å²) < 4.78 is 13.0. The largest absolute Gasteiger partial charge is 0.493 e. The third-order valence-electron chi connectivity index (χ3n) is 2.15. The summed E-state index contributed by atoms with van der Waals surface area (Å²) in [4.78, 5) is 17.1. The second-order valence-electron chi connectivity index (χ2n) is 3.54. The fourth-order valence-corrected chi connectivity index (χ4v) is 1.36. The van der Waals surface area contributed by atoms with Crippen LogP contribution in [0.25, 0.3) is 0 Å². The van der Waals surface area contributed by atoms with Gasteiger partial charge in [-0.1, -0.05) is 0 Å². The quantitative estimate of drug-likeness (QED) is 0.739. The molecular weight excluding hydrogens is 225 g/mol. The highest BCUT2D eigenvalue weighted by molar-refractivity contribution is 5.54. The van der Waals surface area contributed by atoms with Gasteiger partial charge in [-0.3, -0.25) is 9.78 Å². The Morgan fingerprint density at radius 3 is 2.82 bits per heavy atom. The van der Waals surface area contributed by atoms with Crippen molar-refractivity contribution >= 4 is 11.6 Å². The van der Waals surface area contributed by atoms with Crippen LogP contribution in [-0.4, -0.2) is 15.1 Å². The molecule has 1 aromatic carbocycles. The Morgan fingerprint density at radius 2 is 2.18 bits per heavy atom. The van der Waals surface area contributed by atoms with E-state index in [9.17, 15) is 9.18 Å². The average molecular weight is 235 g/mol. The van der Waals surface area contributed by atoms with Gasteiger partial charge in [0.05, 0.1) is 6.07 Å². The van der Waals surface area contributed by atoms with Crippen LogP contribution in [0.3, 0.4) is 0 Å². The summed E-state index contributed by atoms with van der Waals surface area (Å²) in [5.41, 5.74) is 0.564. The first kappa shape index (κ1) is 11.1. The number of nitrogens with zero attached hydrogens (tertiary/aromatic N) is 1. The van der Waals surface area contributed by atoms with Crippen molar-refractivity contribution in [1.29, 1.82) is 0 Å². The first-order valence-corrected chi connectivity index (χ1v) is 4.88. The molecule has 5 nitrogen and oxygen atoms in total. The van der Waals surface area contributed by atoms with Gasteiger partial charge in [0.2, 0.25) is 11.8 Å². The lowest BCUT2D eigenvalue weighted by Gasteiger charge is -2.06. The molecule has 0 unspecified atom stereocenters. The van der Waals surface area contributed by atoms with Crippen LogP contribution in [0, 0.1) is 12.7 Å². The van der Waals surface area contributed by atoms with Gasteiger partial charge in [-0.05, 0) is 30.7 Å². The molecule has 0 amide bonds. The minimum Gasteiger partial charge on any atom is -0.493 e. The second kappa shape index (κ2) is 4.25. The number of aromatic nitrogens is 2. The molecule has 0 atom stereocenters. The standard InChI is InChI=1S/C11H10FN3O2/c1-6-4-7(2-3-8(6)12)13-11-14-9(16)5-10(17)15-11/h2-5H,1H3,(H3,13,14,15,16,17). The Kier molecular flexibility index (Phi) is 2.78. The van der Waals surface area contributed by atoms with E-state index in [1.807, 2.05) is 0 Å². The number of aryl methyl sites for hydroxylation is 1. The molecule has 0 saturated carbocycles. The minimum atomic E-state index is -0.473. The van der Waals surface area contributed by atoms with Gasteiger partial charge in [0.15, 0.2) is 0 Å². The first-order valence-electron chi connectivity index (χ1n) is 4.88. The van der Waals surface area contributed by atoms with Crippen molar-refractivity contribution in [3.05, 3.63) is 46.0 Å². The molecule has 1 heterocycles. The molecule has 1 aromatic heterocycles. The van der Waals surface area contributed by atoms with Gasteiger partial charge in [0, 0.05) is 5.69 Å². The molecule has 0 fully saturated rings. The van der Waals surface area contributed by atoms with E-state index >= 15 is 0 Å². The van der Waals surface area contributed by atoms with E-state index in [1.165, 1.54) is 12.1 Å². The van der Waals surface area contributed by atoms with Crippen LogP contribution in [0.15, 0.2) is 29.1 Å². The molecule has 0 spiro atoms. The number of hydrogen-bond donors (Lipinski definition) is 3. The molecule has 2 aromatic rings. The molecule has 0 aliphatic rings. The predicted octanol–water partition coefficient (Wildman–Crippen LogP) is 1.67. The maximum atomic E-state index is 13.0. The number of H-pyrrole nitrogens is 1. The Bertz CT molecular complexity index is 610. The maximum Gasteiger partial charge on any atom is 0.256 e. The monoisotopic (exact) mass is 235 g/mol. The van der Waals surface area contributed by atoms with Gasteiger partial charge < -0.3 is 10.4 Å². The van der Waals surface area contributed by atoms with E-state index in [1.54, 1.807) is 13.0 Å². The van der Waals surface area contributed by atoms with E-state index in [4.69, 9.17) is 5.11 Å². The molecule has 17 heavy (non-hydrogen) atoms. The van der Waals surface area contributed by atoms with Crippen LogP contribution < -0.4 is 10.9 Å². The SMILES string of the molecule is Cc1cc(Nc2nc(O)cc(=O)[nH]2)ccc1F. The summed E-state index contributed by atoms with van der Waals surface area (Å²) in [6.45, 7) is 1.62. The topological polar surface area (TPSA) is 78.0 Å². The first-order chi connectivity index (χ1) is 8.04. The van der Waals surface area contributed by atoms with Crippen LogP contribution in [0.2, 0.25) is 0 Å². The van der Waals surface area contributed by atoms with E-state index in [-0.39, 0.29) is 17.6 Å². The number of benzene rings is 1. The Balaban J connectivity index is 2.31. The highest BCUT2D eigenvalue weighted by atomic mass is 19.1. The summed E-state index contributed by atoms with van der Waals surface area (Å²) >= 11 is 0. The summed E-state index contributed by atoms with van der Waals surface area (Å²) in [5, 5.41) is 11.9. The highest BCUT2D eigenvalue weighted by Gasteiger charge is 2.02. The van der Waals surface area contributed by atoms with Crippen LogP contribution in [0.1, 0.15) is 5.56 Å². The average Bonchev–Trinajstić information content (AvgIpc) is 2.22. The smallest absolute Gasteiger partial charge is 0.256 e. The number of anilines is 2. The number of aromatic hydroxyl groups is 1. The fourth-order valence-electron chi connectivity index (χ4n) is 1.36. The molecule has 0 saturated heterocycles. The summed E-state index contributed by atoms with van der Waals surface area (Å²) in [7, 11) is 0. The van der Waals surface area contributed by atoms with Gasteiger partial charge in [-0.15, -0.1) is 0 Å². The highest BCUT2D eigenvalue weighted by Crippen LogP contribution is 2.16. The zero-order valence-electron chi connectivity index (χ0n) is 8.99. The van der Waals surface area contributed by atoms with Gasteiger partial charge >= 0.3 is 0 Å². The molecule has 0 aliphatic heterocycles. The van der Waals surface area contributed by atoms with Crippen molar-refractivity contribution in [2.24, 2.45) is 0 Å². The van der Waals surface area contributed by atoms with Crippen LogP contribution in [0.4, 0.5) is 16.0 Å². The molecule has 3 N–H and O–H groups in total. The van der Waals surface area contributed by atoms with Crippen LogP contribution >= 0.6 is 0 Å². The second-order valence-corrected chi connectivity index (χ2v) is 3.54. The Labute approximate surface area is 96.0 Å². The lowest BCUT2D eigenvalue weighted by molar-refractivity contribution is 0.452. The number of aromatic amines is 1. The van der Waals surface area contributed by atoms with E-state index < -0.39 is 5.56 Å². The van der Waals surface area contributed by atoms with Crippen molar-refractivity contribution in [3.8, 4) is 5.88 Å². The third-order valence-corrected chi connectivity index (χ3v) is 2.15. The summed E-state index contributed by atoms with van der Waals surface area (Å²) in [6.07, 6.45) is 0. The number of hydrogen-bond acceptors (Lipinski definition) is 4. The number of rotatable bonds is 2. The lowest BCUT2D eigenvalue weighted by Crippen LogP contribution is -2.08. The van der Waals surface area contributed by atoms with E-state index in [0.717, 1.165) is 6.07 Å². The van der Waals surface area contributed by atoms with Gasteiger partial charge in [-0.2, -0.15) is 4.98 Å². The van der Waals surface area contributed by atoms with Crippen molar-refractivity contribution in [1.82, 2.24) is 9.97 Å². The van der Waals surface area contributed by atoms with Crippen molar-refractivity contribution < 1.29 is 9.50 Å². The maximum absolute atomic E-state index is 13.0. The fraction of sp³-hybridized carbons (Fsp3) is 0.0909. The third kappa shape index (κ3) is 2.60. The number of halogens is 1. The molecule has 2 rings (SSSR count). The van der Waals surface area contributed by atoms with E-state index in [0.29, 0.717) is 11.3 Å². The molecule has 6 heteroatoms. The van der Waals surface area contributed by atoms with Crippen LogP contribution in [0.5, 0.6) is 5.88 Å². The van der Waals surface area contributed by atoms with E-state index in [2.05, 4.69) is 15.3 Å². The van der Waals surface area contributed by atoms with Crippen LogP contribution in [-0.2, 0) is 0 Å².